The van der Waals surface area contributed by atoms with Gasteiger partial charge in [-0.1, -0.05) is 20.8 Å². The summed E-state index contributed by atoms with van der Waals surface area (Å²) < 4.78 is 11.2. The van der Waals surface area contributed by atoms with E-state index in [1.807, 2.05) is 39.5 Å². The molecule has 0 aliphatic carbocycles. The van der Waals surface area contributed by atoms with Crippen molar-refractivity contribution in [3.63, 3.8) is 0 Å². The average Bonchev–Trinajstić information content (AvgIpc) is 2.61. The number of nitrogens with zero attached hydrogens (tertiary/aromatic N) is 2. The van der Waals surface area contributed by atoms with E-state index in [1.54, 1.807) is 23.1 Å². The first-order chi connectivity index (χ1) is 12.3. The van der Waals surface area contributed by atoms with E-state index < -0.39 is 5.41 Å². The van der Waals surface area contributed by atoms with Crippen LogP contribution < -0.4 is 9.47 Å². The molecule has 0 bridgehead atoms. The van der Waals surface area contributed by atoms with E-state index in [2.05, 4.69) is 0 Å². The zero-order valence-corrected chi connectivity index (χ0v) is 16.5. The first-order valence-electron chi connectivity index (χ1n) is 9.26. The van der Waals surface area contributed by atoms with Crippen molar-refractivity contribution in [2.45, 2.75) is 34.6 Å². The van der Waals surface area contributed by atoms with Crippen LogP contribution in [0.1, 0.15) is 45.0 Å². The normalized spacial score (nSPS) is 15.0. The number of rotatable bonds is 5. The monoisotopic (exact) mass is 362 g/mol. The molecule has 0 saturated carbocycles. The number of carbonyl (C=O) groups is 2. The summed E-state index contributed by atoms with van der Waals surface area (Å²) in [5.74, 6) is 1.31. The molecule has 1 aliphatic rings. The van der Waals surface area contributed by atoms with Crippen LogP contribution in [0.15, 0.2) is 18.2 Å². The molecule has 0 N–H and O–H groups in total. The fraction of sp³-hybridized carbons (Fsp3) is 0.600. The number of piperazine rings is 1. The molecule has 26 heavy (non-hydrogen) atoms. The fourth-order valence-electron chi connectivity index (χ4n) is 2.95. The van der Waals surface area contributed by atoms with Crippen LogP contribution >= 0.6 is 0 Å². The number of hydrogen-bond acceptors (Lipinski definition) is 4. The van der Waals surface area contributed by atoms with Gasteiger partial charge in [0.15, 0.2) is 11.5 Å². The Morgan fingerprint density at radius 3 is 2.00 bits per heavy atom. The Morgan fingerprint density at radius 2 is 1.46 bits per heavy atom. The molecule has 1 aromatic carbocycles. The van der Waals surface area contributed by atoms with Crippen molar-refractivity contribution in [2.75, 3.05) is 39.4 Å². The number of carbonyl (C=O) groups excluding carboxylic acids is 2. The van der Waals surface area contributed by atoms with E-state index in [9.17, 15) is 9.59 Å². The second-order valence-corrected chi connectivity index (χ2v) is 7.36. The highest BCUT2D eigenvalue weighted by molar-refractivity contribution is 5.95. The molecule has 6 nitrogen and oxygen atoms in total. The van der Waals surface area contributed by atoms with Gasteiger partial charge in [-0.05, 0) is 32.0 Å². The maximum Gasteiger partial charge on any atom is 0.254 e. The third kappa shape index (κ3) is 4.68. The number of hydrogen-bond donors (Lipinski definition) is 0. The van der Waals surface area contributed by atoms with Gasteiger partial charge in [-0.25, -0.2) is 0 Å². The topological polar surface area (TPSA) is 59.1 Å². The smallest absolute Gasteiger partial charge is 0.254 e. The summed E-state index contributed by atoms with van der Waals surface area (Å²) in [4.78, 5) is 28.8. The Morgan fingerprint density at radius 1 is 0.923 bits per heavy atom. The Bertz CT molecular complexity index is 644. The average molecular weight is 362 g/mol. The van der Waals surface area contributed by atoms with E-state index in [0.29, 0.717) is 56.5 Å². The molecule has 1 aliphatic heterocycles. The molecule has 0 unspecified atom stereocenters. The van der Waals surface area contributed by atoms with Gasteiger partial charge in [-0.3, -0.25) is 9.59 Å². The van der Waals surface area contributed by atoms with Crippen molar-refractivity contribution in [3.8, 4) is 11.5 Å². The maximum absolute atomic E-state index is 12.8. The lowest BCUT2D eigenvalue weighted by Gasteiger charge is -2.37. The molecule has 2 rings (SSSR count). The highest BCUT2D eigenvalue weighted by atomic mass is 16.5. The Kier molecular flexibility index (Phi) is 6.51. The van der Waals surface area contributed by atoms with E-state index in [-0.39, 0.29) is 11.8 Å². The van der Waals surface area contributed by atoms with Gasteiger partial charge in [0.05, 0.1) is 13.2 Å². The molecule has 1 heterocycles. The van der Waals surface area contributed by atoms with E-state index in [1.165, 1.54) is 0 Å². The molecule has 0 spiro atoms. The number of amides is 2. The van der Waals surface area contributed by atoms with Crippen LogP contribution in [0.5, 0.6) is 11.5 Å². The Labute approximate surface area is 156 Å². The largest absolute Gasteiger partial charge is 0.490 e. The van der Waals surface area contributed by atoms with Crippen molar-refractivity contribution in [2.24, 2.45) is 5.41 Å². The van der Waals surface area contributed by atoms with Crippen LogP contribution in [-0.2, 0) is 4.79 Å². The van der Waals surface area contributed by atoms with Crippen LogP contribution in [-0.4, -0.2) is 61.0 Å². The molecule has 0 aromatic heterocycles. The molecule has 2 amide bonds. The third-order valence-corrected chi connectivity index (χ3v) is 4.29. The zero-order valence-electron chi connectivity index (χ0n) is 16.5. The summed E-state index contributed by atoms with van der Waals surface area (Å²) >= 11 is 0. The maximum atomic E-state index is 12.8. The van der Waals surface area contributed by atoms with E-state index in [0.717, 1.165) is 0 Å². The third-order valence-electron chi connectivity index (χ3n) is 4.29. The highest BCUT2D eigenvalue weighted by Gasteiger charge is 2.31. The van der Waals surface area contributed by atoms with Gasteiger partial charge >= 0.3 is 0 Å². The van der Waals surface area contributed by atoms with Crippen molar-refractivity contribution >= 4 is 11.8 Å². The van der Waals surface area contributed by atoms with Crippen molar-refractivity contribution in [3.05, 3.63) is 23.8 Å². The zero-order chi connectivity index (χ0) is 19.3. The summed E-state index contributed by atoms with van der Waals surface area (Å²) in [5.41, 5.74) is 0.181. The highest BCUT2D eigenvalue weighted by Crippen LogP contribution is 2.29. The quantitative estimate of drug-likeness (QED) is 0.808. The first-order valence-corrected chi connectivity index (χ1v) is 9.26. The van der Waals surface area contributed by atoms with Crippen LogP contribution in [0, 0.1) is 5.41 Å². The van der Waals surface area contributed by atoms with Crippen LogP contribution in [0.4, 0.5) is 0 Å². The van der Waals surface area contributed by atoms with Gasteiger partial charge < -0.3 is 19.3 Å². The standard InChI is InChI=1S/C20H30N2O4/c1-6-25-16-9-8-15(14-17(16)26-7-2)18(23)21-10-12-22(13-11-21)19(24)20(3,4)5/h8-9,14H,6-7,10-13H2,1-5H3. The minimum absolute atomic E-state index is 0.0446. The van der Waals surface area contributed by atoms with Crippen LogP contribution in [0.2, 0.25) is 0 Å². The minimum Gasteiger partial charge on any atom is -0.490 e. The molecule has 1 fully saturated rings. The minimum atomic E-state index is -0.395. The van der Waals surface area contributed by atoms with Crippen LogP contribution in [0.25, 0.3) is 0 Å². The summed E-state index contributed by atoms with van der Waals surface area (Å²) in [6.45, 7) is 12.8. The lowest BCUT2D eigenvalue weighted by Crippen LogP contribution is -2.53. The lowest BCUT2D eigenvalue weighted by molar-refractivity contribution is -0.140. The molecule has 6 heteroatoms. The van der Waals surface area contributed by atoms with Crippen molar-refractivity contribution in [1.82, 2.24) is 9.80 Å². The Balaban J connectivity index is 2.06. The molecule has 144 valence electrons. The second kappa shape index (κ2) is 8.43. The summed E-state index contributed by atoms with van der Waals surface area (Å²) in [6, 6.07) is 5.28. The van der Waals surface area contributed by atoms with Crippen molar-refractivity contribution < 1.29 is 19.1 Å². The molecule has 0 atom stereocenters. The fourth-order valence-corrected chi connectivity index (χ4v) is 2.95. The molecule has 1 saturated heterocycles. The van der Waals surface area contributed by atoms with Gasteiger partial charge in [0, 0.05) is 37.2 Å². The summed E-state index contributed by atoms with van der Waals surface area (Å²) in [7, 11) is 0. The molecular weight excluding hydrogens is 332 g/mol. The number of benzene rings is 1. The Hall–Kier alpha value is -2.24. The van der Waals surface area contributed by atoms with Gasteiger partial charge in [0.25, 0.3) is 5.91 Å². The van der Waals surface area contributed by atoms with E-state index in [4.69, 9.17) is 9.47 Å². The van der Waals surface area contributed by atoms with Gasteiger partial charge in [0.1, 0.15) is 0 Å². The molecule has 1 aromatic rings. The van der Waals surface area contributed by atoms with Crippen LogP contribution in [0.3, 0.4) is 0 Å². The predicted molar refractivity (Wildman–Crippen MR) is 101 cm³/mol. The lowest BCUT2D eigenvalue weighted by atomic mass is 9.94. The first kappa shape index (κ1) is 20.1. The molecular formula is C20H30N2O4. The van der Waals surface area contributed by atoms with Crippen molar-refractivity contribution in [1.29, 1.82) is 0 Å². The predicted octanol–water partition coefficient (Wildman–Crippen LogP) is 2.81. The number of ether oxygens (including phenoxy) is 2. The molecule has 0 radical (unpaired) electrons. The second-order valence-electron chi connectivity index (χ2n) is 7.36. The summed E-state index contributed by atoms with van der Waals surface area (Å²) in [6.07, 6.45) is 0. The van der Waals surface area contributed by atoms with Gasteiger partial charge in [0.2, 0.25) is 5.91 Å². The SMILES string of the molecule is CCOc1ccc(C(=O)N2CCN(C(=O)C(C)(C)C)CC2)cc1OCC. The van der Waals surface area contributed by atoms with Gasteiger partial charge in [-0.2, -0.15) is 0 Å². The van der Waals surface area contributed by atoms with Gasteiger partial charge in [-0.15, -0.1) is 0 Å². The summed E-state index contributed by atoms with van der Waals surface area (Å²) in [5, 5.41) is 0. The van der Waals surface area contributed by atoms with E-state index >= 15 is 0 Å².